The van der Waals surface area contributed by atoms with Gasteiger partial charge >= 0.3 is 0 Å². The highest BCUT2D eigenvalue weighted by Gasteiger charge is 2.47. The largest absolute Gasteiger partial charge is 0.343 e. The molecule has 1 saturated heterocycles. The van der Waals surface area contributed by atoms with Crippen LogP contribution in [0.15, 0.2) is 59.1 Å². The van der Waals surface area contributed by atoms with Gasteiger partial charge in [-0.15, -0.1) is 0 Å². The molecule has 2 fully saturated rings. The van der Waals surface area contributed by atoms with E-state index in [9.17, 15) is 14.0 Å². The van der Waals surface area contributed by atoms with Crippen molar-refractivity contribution in [2.24, 2.45) is 5.92 Å². The van der Waals surface area contributed by atoms with Crippen molar-refractivity contribution >= 4 is 11.8 Å². The first kappa shape index (κ1) is 22.3. The molecule has 8 heteroatoms. The SMILES string of the molecule is CC(NC(=O)C1CC2CCCCC2N1C(=O)c1ccccc1)c1nc(-c2ccc(F)cc2)no1. The highest BCUT2D eigenvalue weighted by molar-refractivity contribution is 5.98. The Kier molecular flexibility index (Phi) is 6.13. The van der Waals surface area contributed by atoms with E-state index in [4.69, 9.17) is 4.52 Å². The fourth-order valence-electron chi connectivity index (χ4n) is 5.21. The Morgan fingerprint density at radius 2 is 1.82 bits per heavy atom. The Morgan fingerprint density at radius 3 is 2.59 bits per heavy atom. The van der Waals surface area contributed by atoms with Crippen LogP contribution in [0.1, 0.15) is 61.3 Å². The summed E-state index contributed by atoms with van der Waals surface area (Å²) in [6, 6.07) is 14.0. The van der Waals surface area contributed by atoms with E-state index in [1.54, 1.807) is 36.1 Å². The molecular weight excluding hydrogens is 435 g/mol. The quantitative estimate of drug-likeness (QED) is 0.602. The number of fused-ring (bicyclic) bond motifs is 1. The standard InChI is InChI=1S/C26H27FN4O3/c1-16(25-29-23(30-34-25)17-11-13-20(27)14-12-17)28-24(32)22-15-19-9-5-6-10-21(19)31(22)26(33)18-7-3-2-4-8-18/h2-4,7-8,11-14,16,19,21-22H,5-6,9-10,15H2,1H3,(H,28,32). The normalized spacial score (nSPS) is 22.8. The van der Waals surface area contributed by atoms with Gasteiger partial charge in [0.15, 0.2) is 0 Å². The number of nitrogens with zero attached hydrogens (tertiary/aromatic N) is 3. The lowest BCUT2D eigenvalue weighted by Crippen LogP contribution is -2.50. The molecule has 1 N–H and O–H groups in total. The molecule has 176 valence electrons. The van der Waals surface area contributed by atoms with Gasteiger partial charge in [0.2, 0.25) is 17.6 Å². The summed E-state index contributed by atoms with van der Waals surface area (Å²) in [5.74, 6) is 0.251. The molecule has 3 aromatic rings. The molecule has 0 bridgehead atoms. The van der Waals surface area contributed by atoms with Crippen molar-refractivity contribution in [3.63, 3.8) is 0 Å². The van der Waals surface area contributed by atoms with Gasteiger partial charge in [0, 0.05) is 17.2 Å². The minimum Gasteiger partial charge on any atom is -0.343 e. The van der Waals surface area contributed by atoms with Crippen molar-refractivity contribution in [1.82, 2.24) is 20.4 Å². The summed E-state index contributed by atoms with van der Waals surface area (Å²) in [7, 11) is 0. The van der Waals surface area contributed by atoms with E-state index in [1.165, 1.54) is 12.1 Å². The Morgan fingerprint density at radius 1 is 1.09 bits per heavy atom. The first-order valence-electron chi connectivity index (χ1n) is 11.8. The number of rotatable bonds is 5. The zero-order valence-corrected chi connectivity index (χ0v) is 19.0. The van der Waals surface area contributed by atoms with Crippen molar-refractivity contribution in [3.8, 4) is 11.4 Å². The van der Waals surface area contributed by atoms with Crippen LogP contribution in [0.2, 0.25) is 0 Å². The smallest absolute Gasteiger partial charge is 0.254 e. The summed E-state index contributed by atoms with van der Waals surface area (Å²) in [4.78, 5) is 33.0. The van der Waals surface area contributed by atoms with E-state index in [0.717, 1.165) is 25.7 Å². The van der Waals surface area contributed by atoms with Gasteiger partial charge in [-0.25, -0.2) is 4.39 Å². The topological polar surface area (TPSA) is 88.3 Å². The molecule has 4 atom stereocenters. The number of hydrogen-bond donors (Lipinski definition) is 1. The minimum absolute atomic E-state index is 0.0843. The van der Waals surface area contributed by atoms with Crippen LogP contribution in [-0.2, 0) is 4.79 Å². The molecular formula is C26H27FN4O3. The second-order valence-corrected chi connectivity index (χ2v) is 9.14. The molecule has 1 aliphatic carbocycles. The molecule has 2 aliphatic rings. The van der Waals surface area contributed by atoms with Crippen LogP contribution in [-0.4, -0.2) is 38.9 Å². The van der Waals surface area contributed by atoms with Crippen molar-refractivity contribution in [2.75, 3.05) is 0 Å². The zero-order chi connectivity index (χ0) is 23.7. The molecule has 1 aromatic heterocycles. The molecule has 1 aliphatic heterocycles. The maximum atomic E-state index is 13.4. The maximum Gasteiger partial charge on any atom is 0.254 e. The minimum atomic E-state index is -0.539. The maximum absolute atomic E-state index is 13.4. The Labute approximate surface area is 197 Å². The number of nitrogens with one attached hydrogen (secondary N) is 1. The van der Waals surface area contributed by atoms with Crippen molar-refractivity contribution < 1.29 is 18.5 Å². The molecule has 1 saturated carbocycles. The van der Waals surface area contributed by atoms with Crippen LogP contribution in [0.5, 0.6) is 0 Å². The average molecular weight is 463 g/mol. The van der Waals surface area contributed by atoms with Gasteiger partial charge < -0.3 is 14.7 Å². The molecule has 2 aromatic carbocycles. The number of halogens is 1. The second kappa shape index (κ2) is 9.37. The van der Waals surface area contributed by atoms with Gasteiger partial charge in [0.25, 0.3) is 5.91 Å². The lowest BCUT2D eigenvalue weighted by molar-refractivity contribution is -0.126. The summed E-state index contributed by atoms with van der Waals surface area (Å²) in [6.45, 7) is 1.77. The Balaban J connectivity index is 1.33. The number of amides is 2. The summed E-state index contributed by atoms with van der Waals surface area (Å²) >= 11 is 0. The molecule has 0 radical (unpaired) electrons. The van der Waals surface area contributed by atoms with Crippen molar-refractivity contribution in [1.29, 1.82) is 0 Å². The van der Waals surface area contributed by atoms with E-state index in [2.05, 4.69) is 15.5 Å². The number of likely N-dealkylation sites (tertiary alicyclic amines) is 1. The zero-order valence-electron chi connectivity index (χ0n) is 19.0. The van der Waals surface area contributed by atoms with E-state index in [-0.39, 0.29) is 29.6 Å². The van der Waals surface area contributed by atoms with E-state index in [1.807, 2.05) is 18.2 Å². The number of carbonyl (C=O) groups excluding carboxylic acids is 2. The lowest BCUT2D eigenvalue weighted by atomic mass is 9.84. The summed E-state index contributed by atoms with van der Waals surface area (Å²) in [5.41, 5.74) is 1.22. The highest BCUT2D eigenvalue weighted by atomic mass is 19.1. The third-order valence-electron chi connectivity index (χ3n) is 6.92. The third-order valence-corrected chi connectivity index (χ3v) is 6.92. The summed E-state index contributed by atoms with van der Waals surface area (Å²) < 4.78 is 18.6. The monoisotopic (exact) mass is 462 g/mol. The summed E-state index contributed by atoms with van der Waals surface area (Å²) in [5, 5.41) is 6.93. The Hall–Kier alpha value is -3.55. The van der Waals surface area contributed by atoms with Crippen LogP contribution in [0.4, 0.5) is 4.39 Å². The number of carbonyl (C=O) groups is 2. The van der Waals surface area contributed by atoms with E-state index >= 15 is 0 Å². The molecule has 2 heterocycles. The molecule has 2 amide bonds. The fraction of sp³-hybridized carbons (Fsp3) is 0.385. The van der Waals surface area contributed by atoms with Gasteiger partial charge in [0.05, 0.1) is 0 Å². The van der Waals surface area contributed by atoms with Crippen LogP contribution in [0, 0.1) is 11.7 Å². The van der Waals surface area contributed by atoms with E-state index < -0.39 is 12.1 Å². The van der Waals surface area contributed by atoms with Crippen LogP contribution >= 0.6 is 0 Å². The third kappa shape index (κ3) is 4.32. The van der Waals surface area contributed by atoms with Gasteiger partial charge in [0.1, 0.15) is 17.9 Å². The highest BCUT2D eigenvalue weighted by Crippen LogP contribution is 2.40. The van der Waals surface area contributed by atoms with Gasteiger partial charge in [-0.1, -0.05) is 36.2 Å². The van der Waals surface area contributed by atoms with Crippen molar-refractivity contribution in [3.05, 3.63) is 71.9 Å². The second-order valence-electron chi connectivity index (χ2n) is 9.14. The number of benzene rings is 2. The fourth-order valence-corrected chi connectivity index (χ4v) is 5.21. The molecule has 4 unspecified atom stereocenters. The predicted octanol–water partition coefficient (Wildman–Crippen LogP) is 4.53. The van der Waals surface area contributed by atoms with Gasteiger partial charge in [-0.3, -0.25) is 9.59 Å². The molecule has 0 spiro atoms. The van der Waals surface area contributed by atoms with Crippen LogP contribution in [0.3, 0.4) is 0 Å². The van der Waals surface area contributed by atoms with Crippen LogP contribution in [0.25, 0.3) is 11.4 Å². The Bertz CT molecular complexity index is 1160. The number of hydrogen-bond acceptors (Lipinski definition) is 5. The first-order valence-corrected chi connectivity index (χ1v) is 11.8. The van der Waals surface area contributed by atoms with E-state index in [0.29, 0.717) is 29.3 Å². The first-order chi connectivity index (χ1) is 16.5. The van der Waals surface area contributed by atoms with Gasteiger partial charge in [-0.05, 0) is 68.5 Å². The predicted molar refractivity (Wildman–Crippen MR) is 123 cm³/mol. The summed E-state index contributed by atoms with van der Waals surface area (Å²) in [6.07, 6.45) is 4.82. The molecule has 5 rings (SSSR count). The average Bonchev–Trinajstić information content (AvgIpc) is 3.50. The number of aromatic nitrogens is 2. The van der Waals surface area contributed by atoms with Crippen LogP contribution < -0.4 is 5.32 Å². The van der Waals surface area contributed by atoms with Gasteiger partial charge in [-0.2, -0.15) is 4.98 Å². The molecule has 34 heavy (non-hydrogen) atoms. The van der Waals surface area contributed by atoms with Crippen molar-refractivity contribution in [2.45, 2.75) is 57.2 Å². The molecule has 7 nitrogen and oxygen atoms in total. The lowest BCUT2D eigenvalue weighted by Gasteiger charge is -2.33.